The summed E-state index contributed by atoms with van der Waals surface area (Å²) in [5.41, 5.74) is 10.2. The van der Waals surface area contributed by atoms with Crippen LogP contribution in [0.3, 0.4) is 0 Å². The highest BCUT2D eigenvalue weighted by Crippen LogP contribution is 2.53. The third-order valence-corrected chi connectivity index (χ3v) is 8.47. The summed E-state index contributed by atoms with van der Waals surface area (Å²) < 4.78 is 2.51. The van der Waals surface area contributed by atoms with Crippen LogP contribution in [-0.4, -0.2) is 23.4 Å². The highest BCUT2D eigenvalue weighted by molar-refractivity contribution is 6.04. The van der Waals surface area contributed by atoms with Gasteiger partial charge in [0.05, 0.1) is 11.3 Å². The Morgan fingerprint density at radius 3 is 2.00 bits per heavy atom. The van der Waals surface area contributed by atoms with Crippen molar-refractivity contribution < 1.29 is 4.58 Å². The van der Waals surface area contributed by atoms with Gasteiger partial charge in [-0.15, -0.1) is 0 Å². The molecule has 0 N–H and O–H groups in total. The molecule has 3 aromatic carbocycles. The van der Waals surface area contributed by atoms with Crippen molar-refractivity contribution in [2.75, 3.05) is 22.9 Å². The van der Waals surface area contributed by atoms with E-state index in [2.05, 4.69) is 152 Å². The van der Waals surface area contributed by atoms with E-state index in [0.29, 0.717) is 0 Å². The van der Waals surface area contributed by atoms with Crippen LogP contribution in [0.2, 0.25) is 0 Å². The predicted molar refractivity (Wildman–Crippen MR) is 156 cm³/mol. The van der Waals surface area contributed by atoms with Gasteiger partial charge in [-0.1, -0.05) is 68.5 Å². The Balaban J connectivity index is 1.48. The van der Waals surface area contributed by atoms with Crippen LogP contribution >= 0.6 is 0 Å². The van der Waals surface area contributed by atoms with Crippen molar-refractivity contribution in [3.63, 3.8) is 0 Å². The van der Waals surface area contributed by atoms with E-state index < -0.39 is 0 Å². The minimum Gasteiger partial charge on any atom is -0.344 e. The van der Waals surface area contributed by atoms with Gasteiger partial charge in [-0.05, 0) is 43.7 Å². The van der Waals surface area contributed by atoms with Crippen LogP contribution in [0.15, 0.2) is 115 Å². The fourth-order valence-electron chi connectivity index (χ4n) is 6.73. The van der Waals surface area contributed by atoms with Crippen LogP contribution in [0, 0.1) is 0 Å². The lowest BCUT2D eigenvalue weighted by molar-refractivity contribution is -0.519. The summed E-state index contributed by atoms with van der Waals surface area (Å²) in [6.07, 6.45) is 9.25. The van der Waals surface area contributed by atoms with E-state index in [1.165, 1.54) is 45.3 Å². The standard InChI is InChI=1S/C34H36N3/c1-6-35-29-21-13-11-19-27(29)33(3,4)31(35)23-15-18-26-24-32-34(5,37(26)25-16-9-8-10-17-25)28-20-12-14-22-30(28)36(32)7-2/h8-24H,6-7H2,1-5H3/q+1. The number of hydrogen-bond donors (Lipinski definition) is 0. The number of nitrogens with zero attached hydrogens (tertiary/aromatic N) is 3. The fourth-order valence-corrected chi connectivity index (χ4v) is 6.73. The van der Waals surface area contributed by atoms with E-state index in [9.17, 15) is 0 Å². The molecule has 3 aliphatic heterocycles. The Morgan fingerprint density at radius 1 is 0.730 bits per heavy atom. The van der Waals surface area contributed by atoms with Crippen LogP contribution in [0.4, 0.5) is 17.1 Å². The average molecular weight is 487 g/mol. The van der Waals surface area contributed by atoms with Crippen molar-refractivity contribution in [1.82, 2.24) is 0 Å². The summed E-state index contributed by atoms with van der Waals surface area (Å²) in [4.78, 5) is 4.93. The zero-order chi connectivity index (χ0) is 25.8. The Morgan fingerprint density at radius 2 is 1.32 bits per heavy atom. The maximum atomic E-state index is 2.51. The summed E-state index contributed by atoms with van der Waals surface area (Å²) >= 11 is 0. The first-order chi connectivity index (χ1) is 17.9. The van der Waals surface area contributed by atoms with E-state index in [4.69, 9.17) is 0 Å². The fraction of sp³-hybridized carbons (Fsp3) is 0.265. The van der Waals surface area contributed by atoms with Crippen molar-refractivity contribution in [3.05, 3.63) is 126 Å². The molecule has 6 rings (SSSR count). The Labute approximate surface area is 221 Å². The molecule has 3 aromatic rings. The second kappa shape index (κ2) is 8.62. The molecule has 0 aliphatic carbocycles. The summed E-state index contributed by atoms with van der Waals surface area (Å²) in [5.74, 6) is 0. The summed E-state index contributed by atoms with van der Waals surface area (Å²) in [6.45, 7) is 13.4. The van der Waals surface area contributed by atoms with Gasteiger partial charge in [0, 0.05) is 61.1 Å². The molecule has 0 amide bonds. The summed E-state index contributed by atoms with van der Waals surface area (Å²) in [7, 11) is 0. The van der Waals surface area contributed by atoms with Crippen LogP contribution < -0.4 is 9.80 Å². The van der Waals surface area contributed by atoms with Gasteiger partial charge in [0.15, 0.2) is 0 Å². The van der Waals surface area contributed by atoms with Crippen LogP contribution in [0.1, 0.15) is 45.7 Å². The zero-order valence-corrected chi connectivity index (χ0v) is 22.6. The molecule has 3 aliphatic rings. The lowest BCUT2D eigenvalue weighted by Gasteiger charge is -2.25. The number of fused-ring (bicyclic) bond motifs is 4. The Kier molecular flexibility index (Phi) is 5.49. The number of para-hydroxylation sites is 3. The van der Waals surface area contributed by atoms with Crippen molar-refractivity contribution in [2.45, 2.75) is 45.6 Å². The quantitative estimate of drug-likeness (QED) is 0.342. The maximum absolute atomic E-state index is 2.51. The van der Waals surface area contributed by atoms with Gasteiger partial charge < -0.3 is 9.80 Å². The van der Waals surface area contributed by atoms with Crippen molar-refractivity contribution >= 4 is 22.8 Å². The topological polar surface area (TPSA) is 9.49 Å². The predicted octanol–water partition coefficient (Wildman–Crippen LogP) is 7.68. The van der Waals surface area contributed by atoms with Crippen LogP contribution in [-0.2, 0) is 11.0 Å². The highest BCUT2D eigenvalue weighted by atomic mass is 15.3. The molecule has 3 nitrogen and oxygen atoms in total. The van der Waals surface area contributed by atoms with E-state index in [0.717, 1.165) is 13.1 Å². The smallest absolute Gasteiger partial charge is 0.233 e. The molecule has 1 unspecified atom stereocenters. The normalized spacial score (nSPS) is 22.6. The van der Waals surface area contributed by atoms with E-state index >= 15 is 0 Å². The average Bonchev–Trinajstić information content (AvgIpc) is 3.43. The first-order valence-corrected chi connectivity index (χ1v) is 13.5. The van der Waals surface area contributed by atoms with Crippen molar-refractivity contribution in [1.29, 1.82) is 0 Å². The number of allylic oxidation sites excluding steroid dienone is 5. The first kappa shape index (κ1) is 23.5. The molecular formula is C34H36N3+. The molecule has 0 spiro atoms. The summed E-state index contributed by atoms with van der Waals surface area (Å²) in [5, 5.41) is 0. The molecule has 37 heavy (non-hydrogen) atoms. The van der Waals surface area contributed by atoms with Gasteiger partial charge in [-0.25, -0.2) is 0 Å². The molecule has 0 saturated carbocycles. The summed E-state index contributed by atoms with van der Waals surface area (Å²) in [6, 6.07) is 28.5. The van der Waals surface area contributed by atoms with E-state index in [1.807, 2.05) is 0 Å². The van der Waals surface area contributed by atoms with Gasteiger partial charge in [0.2, 0.25) is 16.9 Å². The van der Waals surface area contributed by atoms with Gasteiger partial charge in [0.1, 0.15) is 5.70 Å². The van der Waals surface area contributed by atoms with Crippen molar-refractivity contribution in [2.24, 2.45) is 0 Å². The largest absolute Gasteiger partial charge is 0.344 e. The second-order valence-corrected chi connectivity index (χ2v) is 10.8. The Bertz CT molecular complexity index is 1490. The molecular weight excluding hydrogens is 450 g/mol. The number of hydrogen-bond acceptors (Lipinski definition) is 2. The molecule has 0 radical (unpaired) electrons. The second-order valence-electron chi connectivity index (χ2n) is 10.8. The molecule has 0 aromatic heterocycles. The first-order valence-electron chi connectivity index (χ1n) is 13.5. The van der Waals surface area contributed by atoms with Gasteiger partial charge >= 0.3 is 0 Å². The minimum atomic E-state index is -0.251. The highest BCUT2D eigenvalue weighted by Gasteiger charge is 2.56. The van der Waals surface area contributed by atoms with E-state index in [1.54, 1.807) is 0 Å². The lowest BCUT2D eigenvalue weighted by Crippen LogP contribution is -2.34. The van der Waals surface area contributed by atoms with Crippen LogP contribution in [0.5, 0.6) is 0 Å². The Hall–Kier alpha value is -3.85. The van der Waals surface area contributed by atoms with E-state index in [-0.39, 0.29) is 11.0 Å². The van der Waals surface area contributed by atoms with Gasteiger partial charge in [-0.2, -0.15) is 4.58 Å². The van der Waals surface area contributed by atoms with Crippen LogP contribution in [0.25, 0.3) is 0 Å². The molecule has 0 saturated heterocycles. The minimum absolute atomic E-state index is 0.0324. The molecule has 186 valence electrons. The lowest BCUT2D eigenvalue weighted by atomic mass is 9.84. The SMILES string of the molecule is CCN1C2=CC(/C=C/C=C3/N(CC)c4ccccc4C3(C)C)=[N+](c3ccccc3)C2(C)c2ccccc21. The van der Waals surface area contributed by atoms with Gasteiger partial charge in [-0.3, -0.25) is 0 Å². The third-order valence-electron chi connectivity index (χ3n) is 8.47. The number of benzene rings is 3. The number of likely N-dealkylation sites (N-methyl/N-ethyl adjacent to an activating group) is 2. The van der Waals surface area contributed by atoms with Crippen molar-refractivity contribution in [3.8, 4) is 0 Å². The zero-order valence-electron chi connectivity index (χ0n) is 22.6. The molecule has 3 heteroatoms. The molecule has 0 fully saturated rings. The third kappa shape index (κ3) is 3.30. The molecule has 0 bridgehead atoms. The molecule has 3 heterocycles. The number of anilines is 2. The van der Waals surface area contributed by atoms with Gasteiger partial charge in [0.25, 0.3) is 0 Å². The molecule has 1 atom stereocenters. The monoisotopic (exact) mass is 486 g/mol. The number of rotatable bonds is 5. The maximum Gasteiger partial charge on any atom is 0.233 e.